The number of piperidine rings is 2. The van der Waals surface area contributed by atoms with E-state index in [4.69, 9.17) is 10.7 Å². The number of guanidine groups is 1. The highest BCUT2D eigenvalue weighted by Gasteiger charge is 2.39. The van der Waals surface area contributed by atoms with E-state index in [1.807, 2.05) is 0 Å². The van der Waals surface area contributed by atoms with Crippen molar-refractivity contribution in [3.05, 3.63) is 0 Å². The molecule has 0 aromatic carbocycles. The molecule has 0 bridgehead atoms. The molecular weight excluding hydrogens is 274 g/mol. The molecule has 2 saturated heterocycles. The Labute approximate surface area is 136 Å². The van der Waals surface area contributed by atoms with Crippen LogP contribution >= 0.6 is 0 Å². The van der Waals surface area contributed by atoms with Crippen molar-refractivity contribution >= 4 is 5.96 Å². The number of nitrogens with zero attached hydrogens (tertiary/aromatic N) is 3. The summed E-state index contributed by atoms with van der Waals surface area (Å²) in [5, 5.41) is 3.29. The van der Waals surface area contributed by atoms with Crippen LogP contribution in [-0.4, -0.2) is 66.6 Å². The van der Waals surface area contributed by atoms with Crippen molar-refractivity contribution in [2.24, 2.45) is 10.7 Å². The van der Waals surface area contributed by atoms with Gasteiger partial charge in [-0.25, -0.2) is 0 Å². The first kappa shape index (κ1) is 17.5. The second-order valence-corrected chi connectivity index (χ2v) is 8.15. The maximum atomic E-state index is 6.10. The van der Waals surface area contributed by atoms with Gasteiger partial charge < -0.3 is 16.0 Å². The number of hydrogen-bond acceptors (Lipinski definition) is 3. The minimum Gasteiger partial charge on any atom is -0.370 e. The molecule has 2 heterocycles. The van der Waals surface area contributed by atoms with Gasteiger partial charge >= 0.3 is 0 Å². The molecule has 0 aromatic rings. The number of aliphatic imine (C=N–C) groups is 1. The Morgan fingerprint density at radius 2 is 1.68 bits per heavy atom. The molecule has 128 valence electrons. The number of nitrogens with two attached hydrogens (primary N) is 1. The lowest BCUT2D eigenvalue weighted by molar-refractivity contribution is 0.0208. The zero-order chi connectivity index (χ0) is 16.2. The van der Waals surface area contributed by atoms with E-state index in [0.29, 0.717) is 5.96 Å². The van der Waals surface area contributed by atoms with E-state index in [0.717, 1.165) is 6.54 Å². The molecule has 0 radical (unpaired) electrons. The Kier molecular flexibility index (Phi) is 5.72. The van der Waals surface area contributed by atoms with E-state index in [2.05, 4.69) is 42.9 Å². The molecule has 2 rings (SSSR count). The van der Waals surface area contributed by atoms with Crippen LogP contribution in [-0.2, 0) is 0 Å². The lowest BCUT2D eigenvalue weighted by Gasteiger charge is -2.49. The van der Waals surface area contributed by atoms with Gasteiger partial charge in [0.2, 0.25) is 0 Å². The maximum Gasteiger partial charge on any atom is 0.189 e. The monoisotopic (exact) mass is 309 g/mol. The second-order valence-electron chi connectivity index (χ2n) is 8.15. The van der Waals surface area contributed by atoms with Gasteiger partial charge in [0, 0.05) is 11.1 Å². The van der Waals surface area contributed by atoms with Crippen LogP contribution in [0.15, 0.2) is 4.99 Å². The Hall–Kier alpha value is -0.810. The van der Waals surface area contributed by atoms with Crippen molar-refractivity contribution < 1.29 is 0 Å². The molecule has 2 fully saturated rings. The average Bonchev–Trinajstić information content (AvgIpc) is 2.46. The van der Waals surface area contributed by atoms with Crippen LogP contribution in [0, 0.1) is 0 Å². The molecule has 2 aliphatic heterocycles. The first-order chi connectivity index (χ1) is 10.3. The predicted molar refractivity (Wildman–Crippen MR) is 94.3 cm³/mol. The molecule has 5 nitrogen and oxygen atoms in total. The molecule has 0 saturated carbocycles. The fraction of sp³-hybridized carbons (Fsp3) is 0.941. The van der Waals surface area contributed by atoms with E-state index in [9.17, 15) is 0 Å². The summed E-state index contributed by atoms with van der Waals surface area (Å²) in [5.41, 5.74) is 6.29. The van der Waals surface area contributed by atoms with Gasteiger partial charge in [-0.05, 0) is 79.7 Å². The molecule has 0 spiro atoms. The fourth-order valence-electron chi connectivity index (χ4n) is 3.63. The number of nitrogens with one attached hydrogen (secondary N) is 1. The van der Waals surface area contributed by atoms with Crippen molar-refractivity contribution in [2.75, 3.05) is 39.8 Å². The van der Waals surface area contributed by atoms with Crippen molar-refractivity contribution in [3.8, 4) is 0 Å². The molecule has 0 aromatic heterocycles. The highest BCUT2D eigenvalue weighted by Crippen LogP contribution is 2.31. The molecule has 22 heavy (non-hydrogen) atoms. The lowest BCUT2D eigenvalue weighted by atomic mass is 9.84. The topological polar surface area (TPSA) is 56.9 Å². The number of hydrogen-bond donors (Lipinski definition) is 2. The van der Waals surface area contributed by atoms with Crippen LogP contribution in [0.4, 0.5) is 0 Å². The van der Waals surface area contributed by atoms with Crippen molar-refractivity contribution in [1.29, 1.82) is 0 Å². The van der Waals surface area contributed by atoms with Crippen molar-refractivity contribution in [3.63, 3.8) is 0 Å². The third kappa shape index (κ3) is 4.85. The van der Waals surface area contributed by atoms with E-state index in [-0.39, 0.29) is 11.1 Å². The molecule has 0 unspecified atom stereocenters. The molecule has 2 aliphatic rings. The summed E-state index contributed by atoms with van der Waals surface area (Å²) >= 11 is 0. The summed E-state index contributed by atoms with van der Waals surface area (Å²) in [6.07, 6.45) is 6.45. The zero-order valence-electron chi connectivity index (χ0n) is 15.0. The Bertz CT molecular complexity index is 371. The van der Waals surface area contributed by atoms with Gasteiger partial charge in [-0.2, -0.15) is 0 Å². The zero-order valence-corrected chi connectivity index (χ0v) is 15.0. The minimum atomic E-state index is -0.0291. The molecule has 0 amide bonds. The van der Waals surface area contributed by atoms with Crippen LogP contribution in [0.5, 0.6) is 0 Å². The molecule has 3 N–H and O–H groups in total. The number of rotatable bonds is 3. The molecule has 0 atom stereocenters. The minimum absolute atomic E-state index is 0.0291. The van der Waals surface area contributed by atoms with Gasteiger partial charge in [0.25, 0.3) is 0 Å². The molecule has 5 heteroatoms. The summed E-state index contributed by atoms with van der Waals surface area (Å²) < 4.78 is 0. The van der Waals surface area contributed by atoms with Crippen LogP contribution < -0.4 is 11.1 Å². The van der Waals surface area contributed by atoms with Gasteiger partial charge in [-0.1, -0.05) is 6.42 Å². The summed E-state index contributed by atoms with van der Waals surface area (Å²) in [6, 6.07) is 0. The lowest BCUT2D eigenvalue weighted by Crippen LogP contribution is -2.58. The average molecular weight is 310 g/mol. The summed E-state index contributed by atoms with van der Waals surface area (Å²) in [5.74, 6) is 0.586. The SMILES string of the molecule is CN1CCC(CN=C(N)NC(C)(C)C)(N2CCCCC2)CC1. The fourth-order valence-corrected chi connectivity index (χ4v) is 3.63. The third-order valence-electron chi connectivity index (χ3n) is 4.99. The highest BCUT2D eigenvalue weighted by atomic mass is 15.3. The van der Waals surface area contributed by atoms with Gasteiger partial charge in [0.15, 0.2) is 5.96 Å². The maximum absolute atomic E-state index is 6.10. The van der Waals surface area contributed by atoms with E-state index >= 15 is 0 Å². The summed E-state index contributed by atoms with van der Waals surface area (Å²) in [4.78, 5) is 9.87. The van der Waals surface area contributed by atoms with Crippen LogP contribution in [0.2, 0.25) is 0 Å². The van der Waals surface area contributed by atoms with Gasteiger partial charge in [-0.15, -0.1) is 0 Å². The van der Waals surface area contributed by atoms with E-state index < -0.39 is 0 Å². The van der Waals surface area contributed by atoms with Crippen molar-refractivity contribution in [2.45, 2.75) is 64.0 Å². The molecule has 0 aliphatic carbocycles. The summed E-state index contributed by atoms with van der Waals surface area (Å²) in [7, 11) is 2.22. The smallest absolute Gasteiger partial charge is 0.189 e. The standard InChI is InChI=1S/C17H35N5/c1-16(2,3)20-15(18)19-14-17(8-12-21(4)13-9-17)22-10-6-5-7-11-22/h5-14H2,1-4H3,(H3,18,19,20). The second kappa shape index (κ2) is 7.18. The van der Waals surface area contributed by atoms with E-state index in [1.165, 1.54) is 58.3 Å². The number of likely N-dealkylation sites (tertiary alicyclic amines) is 2. The Balaban J connectivity index is 2.06. The normalized spacial score (nSPS) is 25.2. The molecular formula is C17H35N5. The first-order valence-electron chi connectivity index (χ1n) is 8.82. The Morgan fingerprint density at radius 3 is 2.23 bits per heavy atom. The quantitative estimate of drug-likeness (QED) is 0.615. The van der Waals surface area contributed by atoms with Gasteiger partial charge in [0.05, 0.1) is 6.54 Å². The Morgan fingerprint density at radius 1 is 1.09 bits per heavy atom. The van der Waals surface area contributed by atoms with E-state index in [1.54, 1.807) is 0 Å². The first-order valence-corrected chi connectivity index (χ1v) is 8.82. The van der Waals surface area contributed by atoms with Crippen molar-refractivity contribution in [1.82, 2.24) is 15.1 Å². The summed E-state index contributed by atoms with van der Waals surface area (Å²) in [6.45, 7) is 12.0. The van der Waals surface area contributed by atoms with Crippen LogP contribution in [0.1, 0.15) is 52.9 Å². The van der Waals surface area contributed by atoms with Gasteiger partial charge in [0.1, 0.15) is 0 Å². The van der Waals surface area contributed by atoms with Gasteiger partial charge in [-0.3, -0.25) is 9.89 Å². The highest BCUT2D eigenvalue weighted by molar-refractivity contribution is 5.78. The van der Waals surface area contributed by atoms with Crippen LogP contribution in [0.3, 0.4) is 0 Å². The van der Waals surface area contributed by atoms with Crippen LogP contribution in [0.25, 0.3) is 0 Å². The predicted octanol–water partition coefficient (Wildman–Crippen LogP) is 1.64. The largest absolute Gasteiger partial charge is 0.370 e. The third-order valence-corrected chi connectivity index (χ3v) is 4.99.